The molecule has 16 heavy (non-hydrogen) atoms. The highest BCUT2D eigenvalue weighted by molar-refractivity contribution is 5.66. The fourth-order valence-corrected chi connectivity index (χ4v) is 2.84. The number of piperidine rings is 1. The molecular weight excluding hydrogens is 202 g/mol. The number of carboxylic acid groups (broad SMARTS) is 1. The molecule has 1 heterocycles. The molecule has 0 aromatic heterocycles. The minimum Gasteiger partial charge on any atom is -0.481 e. The van der Waals surface area contributed by atoms with Crippen LogP contribution < -0.4 is 0 Å². The van der Waals surface area contributed by atoms with E-state index in [2.05, 4.69) is 32.6 Å². The van der Waals surface area contributed by atoms with E-state index in [-0.39, 0.29) is 6.42 Å². The molecule has 4 unspecified atom stereocenters. The van der Waals surface area contributed by atoms with Gasteiger partial charge in [0.05, 0.1) is 0 Å². The summed E-state index contributed by atoms with van der Waals surface area (Å²) in [6.07, 6.45) is 2.34. The van der Waals surface area contributed by atoms with Crippen molar-refractivity contribution in [2.24, 2.45) is 11.8 Å². The highest BCUT2D eigenvalue weighted by Crippen LogP contribution is 2.29. The smallest absolute Gasteiger partial charge is 0.303 e. The van der Waals surface area contributed by atoms with Crippen molar-refractivity contribution in [3.8, 4) is 0 Å². The van der Waals surface area contributed by atoms with Crippen LogP contribution in [0.1, 0.15) is 47.0 Å². The van der Waals surface area contributed by atoms with Crippen LogP contribution in [0.5, 0.6) is 0 Å². The molecule has 1 N–H and O–H groups in total. The lowest BCUT2D eigenvalue weighted by Crippen LogP contribution is -2.50. The zero-order valence-electron chi connectivity index (χ0n) is 10.9. The first-order valence-corrected chi connectivity index (χ1v) is 6.39. The number of rotatable bonds is 4. The van der Waals surface area contributed by atoms with Gasteiger partial charge in [0.15, 0.2) is 0 Å². The van der Waals surface area contributed by atoms with Gasteiger partial charge in [0.2, 0.25) is 0 Å². The van der Waals surface area contributed by atoms with E-state index < -0.39 is 5.97 Å². The Morgan fingerprint density at radius 1 is 1.44 bits per heavy atom. The van der Waals surface area contributed by atoms with Crippen molar-refractivity contribution >= 4 is 5.97 Å². The quantitative estimate of drug-likeness (QED) is 0.802. The van der Waals surface area contributed by atoms with E-state index in [9.17, 15) is 4.79 Å². The molecule has 3 heteroatoms. The van der Waals surface area contributed by atoms with Crippen molar-refractivity contribution in [3.63, 3.8) is 0 Å². The molecular formula is C13H25NO2. The maximum Gasteiger partial charge on any atom is 0.303 e. The molecule has 1 fully saturated rings. The van der Waals surface area contributed by atoms with Crippen LogP contribution in [0.3, 0.4) is 0 Å². The van der Waals surface area contributed by atoms with Gasteiger partial charge in [-0.1, -0.05) is 13.8 Å². The number of carbonyl (C=O) groups is 1. The first-order chi connectivity index (χ1) is 7.41. The number of hydrogen-bond acceptors (Lipinski definition) is 2. The Morgan fingerprint density at radius 3 is 2.62 bits per heavy atom. The van der Waals surface area contributed by atoms with Crippen LogP contribution in [0.4, 0.5) is 0 Å². The molecule has 0 saturated carbocycles. The summed E-state index contributed by atoms with van der Waals surface area (Å²) in [5, 5.41) is 8.71. The van der Waals surface area contributed by atoms with E-state index in [0.717, 1.165) is 24.8 Å². The summed E-state index contributed by atoms with van der Waals surface area (Å²) >= 11 is 0. The zero-order valence-corrected chi connectivity index (χ0v) is 10.9. The van der Waals surface area contributed by atoms with E-state index in [1.807, 2.05) is 0 Å². The molecule has 1 aliphatic heterocycles. The minimum absolute atomic E-state index is 0.285. The largest absolute Gasteiger partial charge is 0.481 e. The first kappa shape index (κ1) is 13.5. The summed E-state index contributed by atoms with van der Waals surface area (Å²) in [5.74, 6) is 0.770. The highest BCUT2D eigenvalue weighted by atomic mass is 16.4. The molecule has 1 saturated heterocycles. The molecule has 0 aromatic rings. The summed E-state index contributed by atoms with van der Waals surface area (Å²) in [7, 11) is 0. The summed E-state index contributed by atoms with van der Waals surface area (Å²) < 4.78 is 0. The SMILES string of the molecule is CC1CC(C)C(C)N(C(C)CCC(=O)O)C1. The number of nitrogens with zero attached hydrogens (tertiary/aromatic N) is 1. The first-order valence-electron chi connectivity index (χ1n) is 6.39. The van der Waals surface area contributed by atoms with Crippen LogP contribution in [0.25, 0.3) is 0 Å². The Bertz CT molecular complexity index is 242. The van der Waals surface area contributed by atoms with Gasteiger partial charge in [0, 0.05) is 25.0 Å². The highest BCUT2D eigenvalue weighted by Gasteiger charge is 2.31. The van der Waals surface area contributed by atoms with E-state index in [1.165, 1.54) is 6.42 Å². The molecule has 0 bridgehead atoms. The average Bonchev–Trinajstić information content (AvgIpc) is 2.19. The van der Waals surface area contributed by atoms with Crippen LogP contribution in [-0.2, 0) is 4.79 Å². The maximum absolute atomic E-state index is 10.6. The second-order valence-electron chi connectivity index (χ2n) is 5.54. The Labute approximate surface area is 98.8 Å². The number of hydrogen-bond donors (Lipinski definition) is 1. The monoisotopic (exact) mass is 227 g/mol. The molecule has 0 aromatic carbocycles. The fourth-order valence-electron chi connectivity index (χ4n) is 2.84. The van der Waals surface area contributed by atoms with Gasteiger partial charge in [-0.2, -0.15) is 0 Å². The molecule has 94 valence electrons. The maximum atomic E-state index is 10.6. The zero-order chi connectivity index (χ0) is 12.3. The van der Waals surface area contributed by atoms with Crippen molar-refractivity contribution in [3.05, 3.63) is 0 Å². The average molecular weight is 227 g/mol. The van der Waals surface area contributed by atoms with Gasteiger partial charge in [-0.25, -0.2) is 0 Å². The number of aliphatic carboxylic acids is 1. The molecule has 1 aliphatic rings. The molecule has 4 atom stereocenters. The summed E-state index contributed by atoms with van der Waals surface area (Å²) in [4.78, 5) is 13.1. The topological polar surface area (TPSA) is 40.5 Å². The normalized spacial score (nSPS) is 33.6. The van der Waals surface area contributed by atoms with Gasteiger partial charge < -0.3 is 5.11 Å². The third kappa shape index (κ3) is 3.48. The molecule has 0 aliphatic carbocycles. The van der Waals surface area contributed by atoms with E-state index in [1.54, 1.807) is 0 Å². The second kappa shape index (κ2) is 5.67. The van der Waals surface area contributed by atoms with Crippen molar-refractivity contribution in [2.75, 3.05) is 6.54 Å². The molecule has 0 radical (unpaired) electrons. The number of likely N-dealkylation sites (tertiary alicyclic amines) is 1. The molecule has 1 rings (SSSR count). The van der Waals surface area contributed by atoms with Crippen LogP contribution in [0, 0.1) is 11.8 Å². The van der Waals surface area contributed by atoms with Gasteiger partial charge >= 0.3 is 5.97 Å². The van der Waals surface area contributed by atoms with Crippen molar-refractivity contribution < 1.29 is 9.90 Å². The van der Waals surface area contributed by atoms with Gasteiger partial charge in [-0.15, -0.1) is 0 Å². The lowest BCUT2D eigenvalue weighted by Gasteiger charge is -2.44. The molecule has 3 nitrogen and oxygen atoms in total. The Hall–Kier alpha value is -0.570. The van der Waals surface area contributed by atoms with Crippen molar-refractivity contribution in [1.82, 2.24) is 4.90 Å². The fraction of sp³-hybridized carbons (Fsp3) is 0.923. The predicted octanol–water partition coefficient (Wildman–Crippen LogP) is 2.61. The van der Waals surface area contributed by atoms with Crippen LogP contribution >= 0.6 is 0 Å². The Kier molecular flexibility index (Phi) is 4.78. The summed E-state index contributed by atoms with van der Waals surface area (Å²) in [6.45, 7) is 10.1. The predicted molar refractivity (Wildman–Crippen MR) is 65.4 cm³/mol. The van der Waals surface area contributed by atoms with E-state index in [0.29, 0.717) is 12.1 Å². The van der Waals surface area contributed by atoms with Crippen LogP contribution in [-0.4, -0.2) is 34.6 Å². The van der Waals surface area contributed by atoms with Gasteiger partial charge in [-0.3, -0.25) is 9.69 Å². The lowest BCUT2D eigenvalue weighted by atomic mass is 9.84. The Balaban J connectivity index is 2.52. The van der Waals surface area contributed by atoms with Gasteiger partial charge in [-0.05, 0) is 38.5 Å². The Morgan fingerprint density at radius 2 is 2.06 bits per heavy atom. The third-order valence-corrected chi connectivity index (χ3v) is 3.99. The van der Waals surface area contributed by atoms with Crippen molar-refractivity contribution in [1.29, 1.82) is 0 Å². The summed E-state index contributed by atoms with van der Waals surface area (Å²) in [6, 6.07) is 0.969. The second-order valence-corrected chi connectivity index (χ2v) is 5.54. The van der Waals surface area contributed by atoms with Crippen LogP contribution in [0.15, 0.2) is 0 Å². The molecule has 0 spiro atoms. The van der Waals surface area contributed by atoms with E-state index >= 15 is 0 Å². The number of carboxylic acids is 1. The minimum atomic E-state index is -0.683. The lowest BCUT2D eigenvalue weighted by molar-refractivity contribution is -0.137. The summed E-state index contributed by atoms with van der Waals surface area (Å²) in [5.41, 5.74) is 0. The standard InChI is InChI=1S/C13H25NO2/c1-9-7-10(2)12(4)14(8-9)11(3)5-6-13(15)16/h9-12H,5-8H2,1-4H3,(H,15,16). The van der Waals surface area contributed by atoms with E-state index in [4.69, 9.17) is 5.11 Å². The third-order valence-electron chi connectivity index (χ3n) is 3.99. The van der Waals surface area contributed by atoms with Crippen LogP contribution in [0.2, 0.25) is 0 Å². The van der Waals surface area contributed by atoms with Crippen molar-refractivity contribution in [2.45, 2.75) is 59.0 Å². The van der Waals surface area contributed by atoms with Gasteiger partial charge in [0.25, 0.3) is 0 Å². The van der Waals surface area contributed by atoms with Gasteiger partial charge in [0.1, 0.15) is 0 Å². The molecule has 0 amide bonds.